The molecule has 0 saturated carbocycles. The maximum atomic E-state index is 12.6. The zero-order valence-electron chi connectivity index (χ0n) is 16.6. The molecule has 3 aromatic carbocycles. The smallest absolute Gasteiger partial charge is 0.273 e. The number of rotatable bonds is 8. The number of hydrogen-bond acceptors (Lipinski definition) is 5. The quantitative estimate of drug-likeness (QED) is 0.389. The molecule has 0 aliphatic heterocycles. The number of para-hydroxylation sites is 1. The van der Waals surface area contributed by atoms with Gasteiger partial charge in [-0.1, -0.05) is 23.7 Å². The molecule has 0 spiro atoms. The summed E-state index contributed by atoms with van der Waals surface area (Å²) >= 11 is 5.82. The van der Waals surface area contributed by atoms with Crippen molar-refractivity contribution >= 4 is 39.4 Å². The molecule has 0 aliphatic carbocycles. The molecule has 31 heavy (non-hydrogen) atoms. The minimum Gasteiger partial charge on any atom is -0.494 e. The number of ether oxygens (including phenoxy) is 1. The van der Waals surface area contributed by atoms with Crippen LogP contribution in [0.3, 0.4) is 0 Å². The molecule has 0 atom stereocenters. The normalized spacial score (nSPS) is 11.3. The number of hydrogen-bond donors (Lipinski definition) is 2. The van der Waals surface area contributed by atoms with Crippen LogP contribution in [0.4, 0.5) is 5.69 Å². The number of nitrogens with one attached hydrogen (secondary N) is 2. The largest absolute Gasteiger partial charge is 0.494 e. The van der Waals surface area contributed by atoms with E-state index in [1.165, 1.54) is 42.6 Å². The van der Waals surface area contributed by atoms with Gasteiger partial charge in [-0.15, -0.1) is 0 Å². The second kappa shape index (κ2) is 10.1. The van der Waals surface area contributed by atoms with E-state index in [9.17, 15) is 13.2 Å². The van der Waals surface area contributed by atoms with Crippen molar-refractivity contribution < 1.29 is 17.9 Å². The molecule has 3 aromatic rings. The van der Waals surface area contributed by atoms with Gasteiger partial charge in [0, 0.05) is 5.02 Å². The summed E-state index contributed by atoms with van der Waals surface area (Å²) in [4.78, 5) is 12.6. The van der Waals surface area contributed by atoms with Gasteiger partial charge < -0.3 is 4.74 Å². The summed E-state index contributed by atoms with van der Waals surface area (Å²) in [6.07, 6.45) is 1.48. The molecule has 7 nitrogen and oxygen atoms in total. The predicted octanol–water partition coefficient (Wildman–Crippen LogP) is 4.30. The molecular formula is C22H20ClN3O4S. The van der Waals surface area contributed by atoms with Gasteiger partial charge in [0.1, 0.15) is 5.75 Å². The zero-order chi connectivity index (χ0) is 22.3. The lowest BCUT2D eigenvalue weighted by atomic mass is 10.2. The van der Waals surface area contributed by atoms with Crippen molar-refractivity contribution in [2.24, 2.45) is 5.10 Å². The van der Waals surface area contributed by atoms with Crippen LogP contribution in [0.25, 0.3) is 0 Å². The summed E-state index contributed by atoms with van der Waals surface area (Å²) < 4.78 is 33.1. The van der Waals surface area contributed by atoms with E-state index >= 15 is 0 Å². The SMILES string of the molecule is CCOc1ccc(C=NNC(=O)c2ccccc2NS(=O)(=O)c2ccc(Cl)cc2)cc1. The molecule has 9 heteroatoms. The summed E-state index contributed by atoms with van der Waals surface area (Å²) in [6, 6.07) is 19.2. The Morgan fingerprint density at radius 1 is 1.03 bits per heavy atom. The molecule has 0 heterocycles. The molecule has 160 valence electrons. The highest BCUT2D eigenvalue weighted by Crippen LogP contribution is 2.21. The Balaban J connectivity index is 1.71. The molecule has 0 saturated heterocycles. The van der Waals surface area contributed by atoms with Crippen LogP contribution in [0.15, 0.2) is 82.8 Å². The van der Waals surface area contributed by atoms with Gasteiger partial charge in [0.05, 0.1) is 29.0 Å². The summed E-state index contributed by atoms with van der Waals surface area (Å²) in [6.45, 7) is 2.48. The number of sulfonamides is 1. The van der Waals surface area contributed by atoms with E-state index in [0.717, 1.165) is 11.3 Å². The number of amides is 1. The minimum absolute atomic E-state index is 0.0284. The molecule has 2 N–H and O–H groups in total. The molecule has 0 aliphatic rings. The molecule has 0 fully saturated rings. The second-order valence-corrected chi connectivity index (χ2v) is 8.43. The fourth-order valence-electron chi connectivity index (χ4n) is 2.63. The standard InChI is InChI=1S/C22H20ClN3O4S/c1-2-30-18-11-7-16(8-12-18)15-24-25-22(27)20-5-3-4-6-21(20)26-31(28,29)19-13-9-17(23)10-14-19/h3-15,26H,2H2,1H3,(H,25,27). The predicted molar refractivity (Wildman–Crippen MR) is 121 cm³/mol. The van der Waals surface area contributed by atoms with E-state index in [4.69, 9.17) is 16.3 Å². The van der Waals surface area contributed by atoms with Crippen molar-refractivity contribution in [2.75, 3.05) is 11.3 Å². The average Bonchev–Trinajstić information content (AvgIpc) is 2.75. The summed E-state index contributed by atoms with van der Waals surface area (Å²) in [7, 11) is -3.90. The van der Waals surface area contributed by atoms with Crippen LogP contribution < -0.4 is 14.9 Å². The van der Waals surface area contributed by atoms with Gasteiger partial charge in [-0.05, 0) is 73.2 Å². The third kappa shape index (κ3) is 6.07. The minimum atomic E-state index is -3.90. The van der Waals surface area contributed by atoms with Crippen LogP contribution in [0.2, 0.25) is 5.02 Å². The van der Waals surface area contributed by atoms with E-state index in [1.54, 1.807) is 36.4 Å². The first-order valence-electron chi connectivity index (χ1n) is 9.33. The third-order valence-electron chi connectivity index (χ3n) is 4.11. The fraction of sp³-hybridized carbons (Fsp3) is 0.0909. The van der Waals surface area contributed by atoms with Crippen LogP contribution >= 0.6 is 11.6 Å². The van der Waals surface area contributed by atoms with E-state index in [1.807, 2.05) is 6.92 Å². The summed E-state index contributed by atoms with van der Waals surface area (Å²) in [5.41, 5.74) is 3.43. The van der Waals surface area contributed by atoms with Crippen molar-refractivity contribution in [3.8, 4) is 5.75 Å². The van der Waals surface area contributed by atoms with Crippen LogP contribution in [-0.4, -0.2) is 27.1 Å². The number of carbonyl (C=O) groups is 1. The first kappa shape index (κ1) is 22.3. The van der Waals surface area contributed by atoms with Crippen molar-refractivity contribution in [3.05, 3.63) is 88.9 Å². The molecule has 0 aromatic heterocycles. The molecule has 0 bridgehead atoms. The second-order valence-electron chi connectivity index (χ2n) is 6.31. The van der Waals surface area contributed by atoms with Gasteiger partial charge in [-0.2, -0.15) is 5.10 Å². The molecular weight excluding hydrogens is 438 g/mol. The zero-order valence-corrected chi connectivity index (χ0v) is 18.2. The number of carbonyl (C=O) groups excluding carboxylic acids is 1. The lowest BCUT2D eigenvalue weighted by Gasteiger charge is -2.11. The topological polar surface area (TPSA) is 96.9 Å². The maximum absolute atomic E-state index is 12.6. The van der Waals surface area contributed by atoms with Gasteiger partial charge in [0.2, 0.25) is 0 Å². The van der Waals surface area contributed by atoms with Gasteiger partial charge in [0.25, 0.3) is 15.9 Å². The number of anilines is 1. The highest BCUT2D eigenvalue weighted by Gasteiger charge is 2.18. The number of benzene rings is 3. The lowest BCUT2D eigenvalue weighted by molar-refractivity contribution is 0.0956. The van der Waals surface area contributed by atoms with Crippen LogP contribution in [-0.2, 0) is 10.0 Å². The Morgan fingerprint density at radius 2 is 1.71 bits per heavy atom. The number of nitrogens with zero attached hydrogens (tertiary/aromatic N) is 1. The molecule has 0 unspecified atom stereocenters. The monoisotopic (exact) mass is 457 g/mol. The van der Waals surface area contributed by atoms with Crippen LogP contribution in [0, 0.1) is 0 Å². The van der Waals surface area contributed by atoms with Gasteiger partial charge >= 0.3 is 0 Å². The highest BCUT2D eigenvalue weighted by molar-refractivity contribution is 7.92. The first-order valence-corrected chi connectivity index (χ1v) is 11.2. The Kier molecular flexibility index (Phi) is 7.28. The average molecular weight is 458 g/mol. The summed E-state index contributed by atoms with van der Waals surface area (Å²) in [5.74, 6) is 0.183. The van der Waals surface area contributed by atoms with Gasteiger partial charge in [0.15, 0.2) is 0 Å². The summed E-state index contributed by atoms with van der Waals surface area (Å²) in [5, 5.41) is 4.36. The Morgan fingerprint density at radius 3 is 2.39 bits per heavy atom. The van der Waals surface area contributed by atoms with Gasteiger partial charge in [-0.25, -0.2) is 13.8 Å². The van der Waals surface area contributed by atoms with E-state index < -0.39 is 15.9 Å². The number of hydrazone groups is 1. The third-order valence-corrected chi connectivity index (χ3v) is 5.74. The van der Waals surface area contributed by atoms with Crippen LogP contribution in [0.1, 0.15) is 22.8 Å². The Labute approximate surface area is 185 Å². The number of halogens is 1. The first-order chi connectivity index (χ1) is 14.9. The van der Waals surface area contributed by atoms with Crippen molar-refractivity contribution in [3.63, 3.8) is 0 Å². The fourth-order valence-corrected chi connectivity index (χ4v) is 3.84. The van der Waals surface area contributed by atoms with Crippen LogP contribution in [0.5, 0.6) is 5.75 Å². The lowest BCUT2D eigenvalue weighted by Crippen LogP contribution is -2.21. The molecule has 3 rings (SSSR count). The highest BCUT2D eigenvalue weighted by atomic mass is 35.5. The van der Waals surface area contributed by atoms with E-state index in [0.29, 0.717) is 11.6 Å². The molecule has 1 amide bonds. The van der Waals surface area contributed by atoms with E-state index in [-0.39, 0.29) is 16.1 Å². The Bertz CT molecular complexity index is 1180. The Hall–Kier alpha value is -3.36. The maximum Gasteiger partial charge on any atom is 0.273 e. The van der Waals surface area contributed by atoms with Gasteiger partial charge in [-0.3, -0.25) is 9.52 Å². The van der Waals surface area contributed by atoms with Crippen molar-refractivity contribution in [1.29, 1.82) is 0 Å². The van der Waals surface area contributed by atoms with E-state index in [2.05, 4.69) is 15.2 Å². The van der Waals surface area contributed by atoms with Crippen molar-refractivity contribution in [2.45, 2.75) is 11.8 Å². The molecule has 0 radical (unpaired) electrons. The van der Waals surface area contributed by atoms with Crippen molar-refractivity contribution in [1.82, 2.24) is 5.43 Å².